The highest BCUT2D eigenvalue weighted by molar-refractivity contribution is 5.38. The van der Waals surface area contributed by atoms with Crippen molar-refractivity contribution in [2.24, 2.45) is 5.73 Å². The normalized spacial score (nSPS) is 21.2. The van der Waals surface area contributed by atoms with Gasteiger partial charge in [0.1, 0.15) is 11.4 Å². The third-order valence-corrected chi connectivity index (χ3v) is 3.40. The van der Waals surface area contributed by atoms with Gasteiger partial charge < -0.3 is 15.8 Å². The fourth-order valence-electron chi connectivity index (χ4n) is 2.53. The first-order chi connectivity index (χ1) is 8.62. The first kappa shape index (κ1) is 13.4. The van der Waals surface area contributed by atoms with Gasteiger partial charge in [-0.1, -0.05) is 18.2 Å². The minimum Gasteiger partial charge on any atom is -0.487 e. The molecule has 0 radical (unpaired) electrons. The fourth-order valence-corrected chi connectivity index (χ4v) is 2.53. The number of ether oxygens (including phenoxy) is 1. The van der Waals surface area contributed by atoms with Gasteiger partial charge in [-0.05, 0) is 45.8 Å². The molecular formula is C15H24N2O. The molecule has 0 aliphatic carbocycles. The molecule has 18 heavy (non-hydrogen) atoms. The largest absolute Gasteiger partial charge is 0.487 e. The van der Waals surface area contributed by atoms with Crippen LogP contribution in [0, 0.1) is 0 Å². The molecule has 3 nitrogen and oxygen atoms in total. The van der Waals surface area contributed by atoms with Crippen molar-refractivity contribution in [3.05, 3.63) is 29.8 Å². The molecule has 0 saturated heterocycles. The molecule has 0 aromatic heterocycles. The molecule has 1 aromatic carbocycles. The maximum atomic E-state index is 6.02. The van der Waals surface area contributed by atoms with Gasteiger partial charge in [-0.15, -0.1) is 0 Å². The molecule has 0 spiro atoms. The second kappa shape index (κ2) is 5.72. The van der Waals surface area contributed by atoms with E-state index in [1.54, 1.807) is 0 Å². The fraction of sp³-hybridized carbons (Fsp3) is 0.600. The van der Waals surface area contributed by atoms with E-state index >= 15 is 0 Å². The summed E-state index contributed by atoms with van der Waals surface area (Å²) in [5.74, 6) is 1.02. The number of nitrogens with one attached hydrogen (secondary N) is 1. The van der Waals surface area contributed by atoms with Gasteiger partial charge in [0.2, 0.25) is 0 Å². The van der Waals surface area contributed by atoms with Gasteiger partial charge >= 0.3 is 0 Å². The monoisotopic (exact) mass is 248 g/mol. The molecule has 1 aliphatic heterocycles. The molecule has 1 unspecified atom stereocenters. The van der Waals surface area contributed by atoms with Gasteiger partial charge in [0, 0.05) is 18.0 Å². The summed E-state index contributed by atoms with van der Waals surface area (Å²) in [6, 6.07) is 8.72. The minimum absolute atomic E-state index is 0.0973. The van der Waals surface area contributed by atoms with Crippen LogP contribution in [0.3, 0.4) is 0 Å². The average Bonchev–Trinajstić information content (AvgIpc) is 2.33. The van der Waals surface area contributed by atoms with E-state index in [1.165, 1.54) is 5.56 Å². The van der Waals surface area contributed by atoms with Crippen LogP contribution in [0.25, 0.3) is 0 Å². The van der Waals surface area contributed by atoms with Crippen LogP contribution >= 0.6 is 0 Å². The van der Waals surface area contributed by atoms with Crippen LogP contribution in [0.1, 0.15) is 44.7 Å². The number of rotatable bonds is 5. The van der Waals surface area contributed by atoms with E-state index in [-0.39, 0.29) is 5.60 Å². The van der Waals surface area contributed by atoms with Crippen molar-refractivity contribution in [1.29, 1.82) is 0 Å². The number of unbranched alkanes of at least 4 members (excludes halogenated alkanes) is 1. The van der Waals surface area contributed by atoms with Crippen molar-refractivity contribution in [2.75, 3.05) is 13.1 Å². The molecule has 0 saturated carbocycles. The molecule has 0 fully saturated rings. The molecule has 1 aliphatic rings. The van der Waals surface area contributed by atoms with Crippen molar-refractivity contribution in [3.8, 4) is 5.75 Å². The van der Waals surface area contributed by atoms with E-state index in [1.807, 2.05) is 6.07 Å². The van der Waals surface area contributed by atoms with Crippen LogP contribution < -0.4 is 15.8 Å². The Morgan fingerprint density at radius 2 is 2.11 bits per heavy atom. The van der Waals surface area contributed by atoms with Crippen LogP contribution in [0.4, 0.5) is 0 Å². The SMILES string of the molecule is CC1(C)CC(NCCCCN)c2ccccc2O1. The Balaban J connectivity index is 2.05. The highest BCUT2D eigenvalue weighted by Gasteiger charge is 2.32. The molecule has 2 rings (SSSR count). The summed E-state index contributed by atoms with van der Waals surface area (Å²) < 4.78 is 6.02. The maximum Gasteiger partial charge on any atom is 0.124 e. The summed E-state index contributed by atoms with van der Waals surface area (Å²) in [7, 11) is 0. The summed E-state index contributed by atoms with van der Waals surface area (Å²) in [6.07, 6.45) is 3.23. The summed E-state index contributed by atoms with van der Waals surface area (Å²) >= 11 is 0. The Hall–Kier alpha value is -1.06. The Morgan fingerprint density at radius 1 is 1.33 bits per heavy atom. The third kappa shape index (κ3) is 3.24. The maximum absolute atomic E-state index is 6.02. The van der Waals surface area contributed by atoms with Crippen LogP contribution in [0.2, 0.25) is 0 Å². The number of para-hydroxylation sites is 1. The lowest BCUT2D eigenvalue weighted by Gasteiger charge is -2.38. The average molecular weight is 248 g/mol. The first-order valence-corrected chi connectivity index (χ1v) is 6.84. The van der Waals surface area contributed by atoms with E-state index in [4.69, 9.17) is 10.5 Å². The van der Waals surface area contributed by atoms with Gasteiger partial charge in [0.15, 0.2) is 0 Å². The van der Waals surface area contributed by atoms with E-state index in [9.17, 15) is 0 Å². The lowest BCUT2D eigenvalue weighted by molar-refractivity contribution is 0.0660. The van der Waals surface area contributed by atoms with Crippen LogP contribution in [-0.2, 0) is 0 Å². The number of hydrogen-bond acceptors (Lipinski definition) is 3. The number of fused-ring (bicyclic) bond motifs is 1. The number of benzene rings is 1. The molecule has 1 aromatic rings. The predicted octanol–water partition coefficient (Wildman–Crippen LogP) is 2.62. The Morgan fingerprint density at radius 3 is 2.89 bits per heavy atom. The smallest absolute Gasteiger partial charge is 0.124 e. The second-order valence-corrected chi connectivity index (χ2v) is 5.61. The van der Waals surface area contributed by atoms with Gasteiger partial charge in [-0.25, -0.2) is 0 Å². The van der Waals surface area contributed by atoms with E-state index in [0.717, 1.165) is 38.1 Å². The van der Waals surface area contributed by atoms with Crippen LogP contribution in [0.5, 0.6) is 5.75 Å². The van der Waals surface area contributed by atoms with Crippen LogP contribution in [0.15, 0.2) is 24.3 Å². The highest BCUT2D eigenvalue weighted by atomic mass is 16.5. The van der Waals surface area contributed by atoms with Gasteiger partial charge in [-0.2, -0.15) is 0 Å². The zero-order valence-corrected chi connectivity index (χ0v) is 11.4. The summed E-state index contributed by atoms with van der Waals surface area (Å²) in [6.45, 7) is 6.10. The van der Waals surface area contributed by atoms with Crippen molar-refractivity contribution >= 4 is 0 Å². The molecule has 3 heteroatoms. The van der Waals surface area contributed by atoms with Gasteiger partial charge in [-0.3, -0.25) is 0 Å². The lowest BCUT2D eigenvalue weighted by Crippen LogP contribution is -2.39. The quantitative estimate of drug-likeness (QED) is 0.787. The standard InChI is InChI=1S/C15H24N2O/c1-15(2)11-13(17-10-6-5-9-16)12-7-3-4-8-14(12)18-15/h3-4,7-8,13,17H,5-6,9-11,16H2,1-2H3. The Kier molecular flexibility index (Phi) is 4.25. The molecule has 1 atom stereocenters. The van der Waals surface area contributed by atoms with Crippen molar-refractivity contribution in [1.82, 2.24) is 5.32 Å². The highest BCUT2D eigenvalue weighted by Crippen LogP contribution is 2.39. The summed E-state index contributed by atoms with van der Waals surface area (Å²) in [5, 5.41) is 3.63. The van der Waals surface area contributed by atoms with Crippen molar-refractivity contribution in [2.45, 2.75) is 44.8 Å². The van der Waals surface area contributed by atoms with Crippen molar-refractivity contribution in [3.63, 3.8) is 0 Å². The Bertz CT molecular complexity index is 390. The van der Waals surface area contributed by atoms with E-state index in [0.29, 0.717) is 6.04 Å². The third-order valence-electron chi connectivity index (χ3n) is 3.40. The molecule has 100 valence electrons. The molecule has 3 N–H and O–H groups in total. The second-order valence-electron chi connectivity index (χ2n) is 5.61. The first-order valence-electron chi connectivity index (χ1n) is 6.84. The van der Waals surface area contributed by atoms with Gasteiger partial charge in [0.05, 0.1) is 0 Å². The van der Waals surface area contributed by atoms with Gasteiger partial charge in [0.25, 0.3) is 0 Å². The molecular weight excluding hydrogens is 224 g/mol. The summed E-state index contributed by atoms with van der Waals surface area (Å²) in [5.41, 5.74) is 6.70. The number of hydrogen-bond donors (Lipinski definition) is 2. The summed E-state index contributed by atoms with van der Waals surface area (Å²) in [4.78, 5) is 0. The molecule has 1 heterocycles. The lowest BCUT2D eigenvalue weighted by atomic mass is 9.89. The predicted molar refractivity (Wildman–Crippen MR) is 74.8 cm³/mol. The van der Waals surface area contributed by atoms with Crippen LogP contribution in [-0.4, -0.2) is 18.7 Å². The molecule has 0 amide bonds. The number of nitrogens with two attached hydrogens (primary N) is 1. The Labute approximate surface area is 110 Å². The topological polar surface area (TPSA) is 47.3 Å². The van der Waals surface area contributed by atoms with E-state index < -0.39 is 0 Å². The van der Waals surface area contributed by atoms with Crippen molar-refractivity contribution < 1.29 is 4.74 Å². The van der Waals surface area contributed by atoms with E-state index in [2.05, 4.69) is 37.4 Å². The zero-order valence-electron chi connectivity index (χ0n) is 11.4. The zero-order chi connectivity index (χ0) is 13.0. The minimum atomic E-state index is -0.0973. The molecule has 0 bridgehead atoms.